The lowest BCUT2D eigenvalue weighted by Gasteiger charge is -2.00. The molecule has 0 amide bonds. The minimum absolute atomic E-state index is 0.244. The summed E-state index contributed by atoms with van der Waals surface area (Å²) in [5.74, 6) is 1.20. The number of aromatic nitrogens is 2. The van der Waals surface area contributed by atoms with Crippen molar-refractivity contribution in [1.29, 1.82) is 0 Å². The van der Waals surface area contributed by atoms with E-state index < -0.39 is 0 Å². The van der Waals surface area contributed by atoms with E-state index in [4.69, 9.17) is 5.73 Å². The first-order chi connectivity index (χ1) is 7.22. The molecule has 2 rings (SSSR count). The lowest BCUT2D eigenvalue weighted by atomic mass is 10.3. The Hall–Kier alpha value is -1.07. The lowest BCUT2D eigenvalue weighted by molar-refractivity contribution is 0.475. The van der Waals surface area contributed by atoms with E-state index in [1.807, 2.05) is 10.6 Å². The van der Waals surface area contributed by atoms with Crippen LogP contribution < -0.4 is 5.73 Å². The van der Waals surface area contributed by atoms with Crippen molar-refractivity contribution in [3.8, 4) is 5.75 Å². The van der Waals surface area contributed by atoms with Crippen LogP contribution >= 0.6 is 15.9 Å². The fourth-order valence-electron chi connectivity index (χ4n) is 1.53. The monoisotopic (exact) mass is 269 g/mol. The second kappa shape index (κ2) is 4.20. The molecule has 0 aliphatic rings. The van der Waals surface area contributed by atoms with Gasteiger partial charge in [0.1, 0.15) is 16.2 Å². The lowest BCUT2D eigenvalue weighted by Crippen LogP contribution is -2.02. The maximum Gasteiger partial charge on any atom is 0.132 e. The highest BCUT2D eigenvalue weighted by Gasteiger charge is 2.08. The maximum atomic E-state index is 9.36. The van der Waals surface area contributed by atoms with Gasteiger partial charge in [-0.2, -0.15) is 0 Å². The van der Waals surface area contributed by atoms with Gasteiger partial charge in [0, 0.05) is 18.7 Å². The number of fused-ring (bicyclic) bond motifs is 1. The zero-order valence-electron chi connectivity index (χ0n) is 8.15. The molecule has 0 aromatic carbocycles. The third-order valence-electron chi connectivity index (χ3n) is 2.26. The van der Waals surface area contributed by atoms with Gasteiger partial charge in [0.05, 0.1) is 5.52 Å². The summed E-state index contributed by atoms with van der Waals surface area (Å²) in [4.78, 5) is 4.38. The molecule has 0 saturated carbocycles. The Bertz CT molecular complexity index is 481. The molecule has 0 radical (unpaired) electrons. The van der Waals surface area contributed by atoms with E-state index >= 15 is 0 Å². The minimum atomic E-state index is 0.244. The second-order valence-electron chi connectivity index (χ2n) is 3.35. The molecular formula is C10H12BrN3O. The molecule has 80 valence electrons. The van der Waals surface area contributed by atoms with Crippen LogP contribution in [0.25, 0.3) is 5.52 Å². The van der Waals surface area contributed by atoms with Crippen molar-refractivity contribution < 1.29 is 5.11 Å². The van der Waals surface area contributed by atoms with Crippen LogP contribution in [0.5, 0.6) is 5.75 Å². The highest BCUT2D eigenvalue weighted by Crippen LogP contribution is 2.23. The number of pyridine rings is 1. The van der Waals surface area contributed by atoms with Gasteiger partial charge in [-0.1, -0.05) is 0 Å². The number of imidazole rings is 1. The highest BCUT2D eigenvalue weighted by atomic mass is 79.9. The fraction of sp³-hybridized carbons (Fsp3) is 0.300. The molecule has 5 heteroatoms. The van der Waals surface area contributed by atoms with Gasteiger partial charge in [0.25, 0.3) is 0 Å². The van der Waals surface area contributed by atoms with Crippen LogP contribution in [-0.2, 0) is 6.42 Å². The number of hydrogen-bond donors (Lipinski definition) is 2. The molecule has 2 aromatic heterocycles. The van der Waals surface area contributed by atoms with Crippen LogP contribution in [0.2, 0.25) is 0 Å². The van der Waals surface area contributed by atoms with Crippen LogP contribution in [0.15, 0.2) is 22.9 Å². The molecule has 4 nitrogen and oxygen atoms in total. The molecule has 0 fully saturated rings. The smallest absolute Gasteiger partial charge is 0.132 e. The molecule has 0 atom stereocenters. The standard InChI is InChI=1S/C10H12BrN3O/c11-10-8-6-7(15)3-5-14(8)9(13-10)2-1-4-12/h3,5-6,15H,1-2,4,12H2. The molecule has 0 aliphatic heterocycles. The molecule has 2 aromatic rings. The number of rotatable bonds is 3. The predicted molar refractivity (Wildman–Crippen MR) is 61.9 cm³/mol. The third-order valence-corrected chi connectivity index (χ3v) is 2.84. The Morgan fingerprint density at radius 2 is 2.33 bits per heavy atom. The van der Waals surface area contributed by atoms with Gasteiger partial charge in [-0.15, -0.1) is 0 Å². The first-order valence-electron chi connectivity index (χ1n) is 4.78. The van der Waals surface area contributed by atoms with Crippen molar-refractivity contribution in [2.24, 2.45) is 5.73 Å². The van der Waals surface area contributed by atoms with Crippen LogP contribution in [0, 0.1) is 0 Å². The number of aryl methyl sites for hydroxylation is 1. The molecule has 0 unspecified atom stereocenters. The van der Waals surface area contributed by atoms with E-state index in [2.05, 4.69) is 20.9 Å². The van der Waals surface area contributed by atoms with E-state index in [1.165, 1.54) is 0 Å². The minimum Gasteiger partial charge on any atom is -0.508 e. The Morgan fingerprint density at radius 3 is 3.07 bits per heavy atom. The van der Waals surface area contributed by atoms with Crippen molar-refractivity contribution in [2.75, 3.05) is 6.54 Å². The summed E-state index contributed by atoms with van der Waals surface area (Å²) < 4.78 is 2.71. The van der Waals surface area contributed by atoms with E-state index in [-0.39, 0.29) is 5.75 Å². The number of halogens is 1. The first-order valence-corrected chi connectivity index (χ1v) is 5.57. The summed E-state index contributed by atoms with van der Waals surface area (Å²) in [5, 5.41) is 9.36. The van der Waals surface area contributed by atoms with Gasteiger partial charge < -0.3 is 15.2 Å². The molecule has 0 spiro atoms. The van der Waals surface area contributed by atoms with Crippen LogP contribution in [0.1, 0.15) is 12.2 Å². The average molecular weight is 270 g/mol. The zero-order chi connectivity index (χ0) is 10.8. The largest absolute Gasteiger partial charge is 0.508 e. The average Bonchev–Trinajstić information content (AvgIpc) is 2.53. The van der Waals surface area contributed by atoms with Gasteiger partial charge in [-0.05, 0) is 35.0 Å². The van der Waals surface area contributed by atoms with Gasteiger partial charge >= 0.3 is 0 Å². The molecule has 0 saturated heterocycles. The van der Waals surface area contributed by atoms with Gasteiger partial charge in [-0.3, -0.25) is 0 Å². The number of nitrogens with two attached hydrogens (primary N) is 1. The summed E-state index contributed by atoms with van der Waals surface area (Å²) >= 11 is 3.37. The SMILES string of the molecule is NCCCc1nc(Br)c2cc(O)ccn12. The molecule has 3 N–H and O–H groups in total. The van der Waals surface area contributed by atoms with E-state index in [1.54, 1.807) is 12.1 Å². The first kappa shape index (κ1) is 10.4. The zero-order valence-corrected chi connectivity index (χ0v) is 9.74. The predicted octanol–water partition coefficient (Wildman–Crippen LogP) is 1.69. The molecule has 0 aliphatic carbocycles. The molecule has 15 heavy (non-hydrogen) atoms. The van der Waals surface area contributed by atoms with Crippen molar-refractivity contribution in [3.63, 3.8) is 0 Å². The maximum absolute atomic E-state index is 9.36. The summed E-state index contributed by atoms with van der Waals surface area (Å²) in [5.41, 5.74) is 6.34. The quantitative estimate of drug-likeness (QED) is 0.892. The topological polar surface area (TPSA) is 63.5 Å². The van der Waals surface area contributed by atoms with Crippen LogP contribution in [0.4, 0.5) is 0 Å². The van der Waals surface area contributed by atoms with Crippen molar-refractivity contribution in [2.45, 2.75) is 12.8 Å². The number of hydrogen-bond acceptors (Lipinski definition) is 3. The normalized spacial score (nSPS) is 11.1. The van der Waals surface area contributed by atoms with Crippen molar-refractivity contribution >= 4 is 21.4 Å². The van der Waals surface area contributed by atoms with Crippen LogP contribution in [-0.4, -0.2) is 21.0 Å². The summed E-state index contributed by atoms with van der Waals surface area (Å²) in [6.45, 7) is 0.657. The highest BCUT2D eigenvalue weighted by molar-refractivity contribution is 9.10. The van der Waals surface area contributed by atoms with Crippen LogP contribution in [0.3, 0.4) is 0 Å². The summed E-state index contributed by atoms with van der Waals surface area (Å²) in [7, 11) is 0. The summed E-state index contributed by atoms with van der Waals surface area (Å²) in [6.07, 6.45) is 3.56. The number of aromatic hydroxyl groups is 1. The van der Waals surface area contributed by atoms with Gasteiger partial charge in [0.15, 0.2) is 0 Å². The van der Waals surface area contributed by atoms with E-state index in [9.17, 15) is 5.11 Å². The fourth-order valence-corrected chi connectivity index (χ4v) is 2.04. The Kier molecular flexibility index (Phi) is 2.93. The number of nitrogens with zero attached hydrogens (tertiary/aromatic N) is 2. The van der Waals surface area contributed by atoms with E-state index in [0.717, 1.165) is 28.8 Å². The Labute approximate surface area is 95.9 Å². The van der Waals surface area contributed by atoms with Gasteiger partial charge in [-0.25, -0.2) is 4.98 Å². The third kappa shape index (κ3) is 1.98. The molecule has 2 heterocycles. The Balaban J connectivity index is 2.48. The molecular weight excluding hydrogens is 258 g/mol. The van der Waals surface area contributed by atoms with Gasteiger partial charge in [0.2, 0.25) is 0 Å². The Morgan fingerprint density at radius 1 is 1.53 bits per heavy atom. The second-order valence-corrected chi connectivity index (χ2v) is 4.10. The molecule has 0 bridgehead atoms. The van der Waals surface area contributed by atoms with Crippen molar-refractivity contribution in [3.05, 3.63) is 28.8 Å². The van der Waals surface area contributed by atoms with Crippen molar-refractivity contribution in [1.82, 2.24) is 9.38 Å². The summed E-state index contributed by atoms with van der Waals surface area (Å²) in [6, 6.07) is 3.33. The van der Waals surface area contributed by atoms with E-state index in [0.29, 0.717) is 6.54 Å².